The number of aromatic nitrogens is 1. The summed E-state index contributed by atoms with van der Waals surface area (Å²) in [6.45, 7) is 8.01. The lowest BCUT2D eigenvalue weighted by Gasteiger charge is -2.43. The van der Waals surface area contributed by atoms with E-state index in [1.807, 2.05) is 19.9 Å². The summed E-state index contributed by atoms with van der Waals surface area (Å²) in [5.74, 6) is 0.318. The van der Waals surface area contributed by atoms with Crippen molar-refractivity contribution in [1.29, 1.82) is 0 Å². The van der Waals surface area contributed by atoms with Crippen molar-refractivity contribution in [2.45, 2.75) is 39.2 Å². The number of nitrogens with zero attached hydrogens (tertiary/aromatic N) is 2. The van der Waals surface area contributed by atoms with Gasteiger partial charge in [0.05, 0.1) is 11.1 Å². The van der Waals surface area contributed by atoms with Gasteiger partial charge >= 0.3 is 0 Å². The molecule has 0 radical (unpaired) electrons. The van der Waals surface area contributed by atoms with Gasteiger partial charge in [-0.2, -0.15) is 0 Å². The Morgan fingerprint density at radius 2 is 2.14 bits per heavy atom. The van der Waals surface area contributed by atoms with Crippen molar-refractivity contribution in [2.24, 2.45) is 5.92 Å². The summed E-state index contributed by atoms with van der Waals surface area (Å²) < 4.78 is 0. The molecule has 0 bridgehead atoms. The number of aryl methyl sites for hydroxylation is 1. The molecule has 3 heteroatoms. The minimum Gasteiger partial charge on any atom is -0.390 e. The van der Waals surface area contributed by atoms with E-state index in [9.17, 15) is 5.11 Å². The van der Waals surface area contributed by atoms with Crippen LogP contribution in [0.5, 0.6) is 0 Å². The average molecular weight is 284 g/mol. The molecule has 1 saturated heterocycles. The largest absolute Gasteiger partial charge is 0.390 e. The minimum absolute atomic E-state index is 0.318. The molecule has 21 heavy (non-hydrogen) atoms. The van der Waals surface area contributed by atoms with E-state index in [2.05, 4.69) is 41.1 Å². The van der Waals surface area contributed by atoms with Crippen molar-refractivity contribution in [3.8, 4) is 0 Å². The summed E-state index contributed by atoms with van der Waals surface area (Å²) >= 11 is 0. The van der Waals surface area contributed by atoms with Gasteiger partial charge in [-0.3, -0.25) is 4.98 Å². The van der Waals surface area contributed by atoms with Gasteiger partial charge in [-0.15, -0.1) is 0 Å². The van der Waals surface area contributed by atoms with Crippen molar-refractivity contribution in [3.05, 3.63) is 36.0 Å². The molecule has 0 spiro atoms. The van der Waals surface area contributed by atoms with Gasteiger partial charge in [0, 0.05) is 35.8 Å². The van der Waals surface area contributed by atoms with E-state index in [4.69, 9.17) is 0 Å². The second kappa shape index (κ2) is 5.30. The number of benzene rings is 1. The topological polar surface area (TPSA) is 36.4 Å². The number of pyridine rings is 1. The van der Waals surface area contributed by atoms with Gasteiger partial charge in [0.2, 0.25) is 0 Å². The first-order valence-electron chi connectivity index (χ1n) is 7.85. The third-order valence-electron chi connectivity index (χ3n) is 4.86. The van der Waals surface area contributed by atoms with E-state index in [1.54, 1.807) is 0 Å². The van der Waals surface area contributed by atoms with Crippen LogP contribution in [-0.2, 0) is 0 Å². The van der Waals surface area contributed by atoms with Gasteiger partial charge in [-0.05, 0) is 38.8 Å². The molecule has 2 atom stereocenters. The predicted octanol–water partition coefficient (Wildman–Crippen LogP) is 3.53. The van der Waals surface area contributed by atoms with E-state index >= 15 is 0 Å². The molecular formula is C18H24N2O. The van der Waals surface area contributed by atoms with E-state index < -0.39 is 5.60 Å². The summed E-state index contributed by atoms with van der Waals surface area (Å²) in [6, 6.07) is 10.5. The van der Waals surface area contributed by atoms with Crippen molar-refractivity contribution in [1.82, 2.24) is 4.98 Å². The molecule has 0 aliphatic carbocycles. The molecule has 3 rings (SSSR count). The minimum atomic E-state index is -0.539. The molecule has 1 aromatic heterocycles. The molecule has 1 N–H and O–H groups in total. The van der Waals surface area contributed by atoms with E-state index in [-0.39, 0.29) is 0 Å². The Kier molecular flexibility index (Phi) is 3.62. The molecule has 2 heterocycles. The quantitative estimate of drug-likeness (QED) is 0.916. The molecule has 1 aromatic carbocycles. The molecule has 112 valence electrons. The van der Waals surface area contributed by atoms with Gasteiger partial charge in [0.1, 0.15) is 0 Å². The van der Waals surface area contributed by atoms with Gasteiger partial charge in [0.15, 0.2) is 0 Å². The second-order valence-corrected chi connectivity index (χ2v) is 6.46. The lowest BCUT2D eigenvalue weighted by Crippen LogP contribution is -2.50. The average Bonchev–Trinajstić information content (AvgIpc) is 2.46. The molecule has 0 unspecified atom stereocenters. The normalized spacial score (nSPS) is 26.3. The fourth-order valence-electron chi connectivity index (χ4n) is 3.45. The Balaban J connectivity index is 2.01. The van der Waals surface area contributed by atoms with Gasteiger partial charge in [-0.25, -0.2) is 0 Å². The highest BCUT2D eigenvalue weighted by Crippen LogP contribution is 2.35. The molecule has 1 aliphatic heterocycles. The molecule has 0 saturated carbocycles. The molecule has 0 amide bonds. The van der Waals surface area contributed by atoms with Crippen LogP contribution in [0.1, 0.15) is 32.4 Å². The van der Waals surface area contributed by atoms with Crippen molar-refractivity contribution >= 4 is 16.6 Å². The van der Waals surface area contributed by atoms with Crippen LogP contribution >= 0.6 is 0 Å². The first kappa shape index (κ1) is 14.3. The van der Waals surface area contributed by atoms with Crippen LogP contribution in [0.3, 0.4) is 0 Å². The van der Waals surface area contributed by atoms with Crippen LogP contribution in [0, 0.1) is 12.8 Å². The molecular weight excluding hydrogens is 260 g/mol. The Morgan fingerprint density at radius 3 is 2.90 bits per heavy atom. The zero-order chi connectivity index (χ0) is 15.0. The maximum atomic E-state index is 10.5. The van der Waals surface area contributed by atoms with Crippen LogP contribution in [0.25, 0.3) is 10.9 Å². The molecule has 1 fully saturated rings. The summed E-state index contributed by atoms with van der Waals surface area (Å²) in [7, 11) is 0. The summed E-state index contributed by atoms with van der Waals surface area (Å²) in [5, 5.41) is 11.7. The maximum absolute atomic E-state index is 10.5. The second-order valence-electron chi connectivity index (χ2n) is 6.46. The first-order valence-corrected chi connectivity index (χ1v) is 7.85. The fourth-order valence-corrected chi connectivity index (χ4v) is 3.45. The Morgan fingerprint density at radius 1 is 1.38 bits per heavy atom. The summed E-state index contributed by atoms with van der Waals surface area (Å²) in [6.07, 6.45) is 1.83. The monoisotopic (exact) mass is 284 g/mol. The van der Waals surface area contributed by atoms with Crippen LogP contribution in [0.15, 0.2) is 30.3 Å². The number of anilines is 1. The number of rotatable bonds is 2. The highest BCUT2D eigenvalue weighted by Gasteiger charge is 2.36. The standard InChI is InChI=1S/C18H24N2O/c1-4-14-12-20(10-9-18(14,3)21)17-11-13(2)19-16-8-6-5-7-15(16)17/h5-8,11,14,21H,4,9-10,12H2,1-3H3/t14-,18+/m0/s1. The summed E-state index contributed by atoms with van der Waals surface area (Å²) in [5.41, 5.74) is 2.82. The SMILES string of the molecule is CC[C@H]1CN(c2cc(C)nc3ccccc23)CC[C@@]1(C)O. The molecule has 2 aromatic rings. The smallest absolute Gasteiger partial charge is 0.0726 e. The third kappa shape index (κ3) is 2.62. The van der Waals surface area contributed by atoms with E-state index in [0.717, 1.165) is 37.1 Å². The number of hydrogen-bond acceptors (Lipinski definition) is 3. The Hall–Kier alpha value is -1.61. The number of hydrogen-bond donors (Lipinski definition) is 1. The van der Waals surface area contributed by atoms with Crippen molar-refractivity contribution in [2.75, 3.05) is 18.0 Å². The van der Waals surface area contributed by atoms with Crippen LogP contribution < -0.4 is 4.90 Å². The highest BCUT2D eigenvalue weighted by atomic mass is 16.3. The number of aliphatic hydroxyl groups is 1. The molecule has 3 nitrogen and oxygen atoms in total. The predicted molar refractivity (Wildman–Crippen MR) is 87.7 cm³/mol. The Labute approximate surface area is 126 Å². The summed E-state index contributed by atoms with van der Waals surface area (Å²) in [4.78, 5) is 7.04. The number of fused-ring (bicyclic) bond motifs is 1. The highest BCUT2D eigenvalue weighted by molar-refractivity contribution is 5.92. The van der Waals surface area contributed by atoms with Crippen LogP contribution in [0.2, 0.25) is 0 Å². The molecule has 1 aliphatic rings. The zero-order valence-corrected chi connectivity index (χ0v) is 13.1. The van der Waals surface area contributed by atoms with E-state index in [0.29, 0.717) is 5.92 Å². The van der Waals surface area contributed by atoms with Crippen molar-refractivity contribution in [3.63, 3.8) is 0 Å². The van der Waals surface area contributed by atoms with Crippen LogP contribution in [-0.4, -0.2) is 28.8 Å². The first-order chi connectivity index (χ1) is 10.0. The van der Waals surface area contributed by atoms with Crippen molar-refractivity contribution < 1.29 is 5.11 Å². The number of para-hydroxylation sites is 1. The third-order valence-corrected chi connectivity index (χ3v) is 4.86. The van der Waals surface area contributed by atoms with Gasteiger partial charge in [-0.1, -0.05) is 25.1 Å². The Bertz CT molecular complexity index is 651. The lowest BCUT2D eigenvalue weighted by atomic mass is 9.80. The van der Waals surface area contributed by atoms with Gasteiger partial charge in [0.25, 0.3) is 0 Å². The lowest BCUT2D eigenvalue weighted by molar-refractivity contribution is -0.0181. The van der Waals surface area contributed by atoms with E-state index in [1.165, 1.54) is 11.1 Å². The van der Waals surface area contributed by atoms with Gasteiger partial charge < -0.3 is 10.0 Å². The fraction of sp³-hybridized carbons (Fsp3) is 0.500. The maximum Gasteiger partial charge on any atom is 0.0726 e. The zero-order valence-electron chi connectivity index (χ0n) is 13.1. The number of piperidine rings is 1. The van der Waals surface area contributed by atoms with Crippen LogP contribution in [0.4, 0.5) is 5.69 Å².